The van der Waals surface area contributed by atoms with E-state index in [1.54, 1.807) is 4.90 Å². The first-order chi connectivity index (χ1) is 25.3. The molecular formula is C31H36Br4F6N8O6. The Morgan fingerprint density at radius 3 is 1.27 bits per heavy atom. The first kappa shape index (κ1) is 49.4. The number of rotatable bonds is 14. The third-order valence-electron chi connectivity index (χ3n) is 7.11. The minimum atomic E-state index is -5.08. The molecule has 1 aliphatic rings. The number of aliphatic imine (C=N–C) groups is 2. The van der Waals surface area contributed by atoms with Gasteiger partial charge >= 0.3 is 30.3 Å². The number of amides is 3. The predicted molar refractivity (Wildman–Crippen MR) is 205 cm³/mol. The van der Waals surface area contributed by atoms with Crippen LogP contribution in [0.3, 0.4) is 0 Å². The Kier molecular flexibility index (Phi) is 19.9. The molecule has 0 radical (unpaired) electrons. The highest BCUT2D eigenvalue weighted by atomic mass is 79.9. The summed E-state index contributed by atoms with van der Waals surface area (Å²) in [5.74, 6) is -5.69. The van der Waals surface area contributed by atoms with Gasteiger partial charge in [0.05, 0.1) is 0 Å². The first-order valence-corrected chi connectivity index (χ1v) is 18.7. The summed E-state index contributed by atoms with van der Waals surface area (Å²) in [5.41, 5.74) is 22.5. The molecule has 0 atom stereocenters. The van der Waals surface area contributed by atoms with Crippen LogP contribution < -0.4 is 22.9 Å². The van der Waals surface area contributed by atoms with E-state index in [-0.39, 0.29) is 30.4 Å². The zero-order chi connectivity index (χ0) is 42.3. The van der Waals surface area contributed by atoms with Crippen LogP contribution in [0.25, 0.3) is 0 Å². The van der Waals surface area contributed by atoms with Gasteiger partial charge in [0.25, 0.3) is 5.91 Å². The summed E-state index contributed by atoms with van der Waals surface area (Å²) in [6.45, 7) is 1.51. The molecule has 3 amide bonds. The molecular weight excluding hydrogens is 1010 g/mol. The van der Waals surface area contributed by atoms with Crippen molar-refractivity contribution in [1.82, 2.24) is 9.80 Å². The lowest BCUT2D eigenvalue weighted by molar-refractivity contribution is -0.193. The summed E-state index contributed by atoms with van der Waals surface area (Å²) in [6.07, 6.45) is -7.00. The van der Waals surface area contributed by atoms with Gasteiger partial charge < -0.3 is 38.0 Å². The summed E-state index contributed by atoms with van der Waals surface area (Å²) >= 11 is 14.3. The van der Waals surface area contributed by atoms with Crippen LogP contribution in [-0.4, -0.2) is 99.9 Å². The smallest absolute Gasteiger partial charge is 0.475 e. The van der Waals surface area contributed by atoms with Crippen LogP contribution in [-0.2, 0) is 27.2 Å². The van der Waals surface area contributed by atoms with E-state index in [0.717, 1.165) is 29.0 Å². The fourth-order valence-electron chi connectivity index (χ4n) is 4.97. The molecule has 2 aromatic rings. The highest BCUT2D eigenvalue weighted by Gasteiger charge is 2.56. The van der Waals surface area contributed by atoms with Gasteiger partial charge in [-0.2, -0.15) is 26.3 Å². The summed E-state index contributed by atoms with van der Waals surface area (Å²) in [5, 5.41) is 14.2. The Morgan fingerprint density at radius 1 is 0.636 bits per heavy atom. The second-order valence-electron chi connectivity index (χ2n) is 11.5. The average Bonchev–Trinajstić information content (AvgIpc) is 3.19. The molecule has 0 spiro atoms. The lowest BCUT2D eigenvalue weighted by atomic mass is 9.83. The van der Waals surface area contributed by atoms with Crippen molar-refractivity contribution < 1.29 is 55.7 Å². The maximum absolute atomic E-state index is 14.4. The van der Waals surface area contributed by atoms with Gasteiger partial charge in [-0.05, 0) is 73.2 Å². The van der Waals surface area contributed by atoms with Crippen molar-refractivity contribution in [3.8, 4) is 0 Å². The highest BCUT2D eigenvalue weighted by molar-refractivity contribution is 9.11. The number of aliphatic carboxylic acids is 2. The number of carboxylic acids is 2. The van der Waals surface area contributed by atoms with Crippen molar-refractivity contribution in [1.29, 1.82) is 0 Å². The summed E-state index contributed by atoms with van der Waals surface area (Å²) in [6, 6.07) is 11.5. The monoisotopic (exact) mass is 1050 g/mol. The summed E-state index contributed by atoms with van der Waals surface area (Å²) < 4.78 is 67.0. The number of urea groups is 1. The fourth-order valence-corrected chi connectivity index (χ4v) is 7.75. The number of imide groups is 1. The van der Waals surface area contributed by atoms with Crippen LogP contribution in [0.1, 0.15) is 36.8 Å². The van der Waals surface area contributed by atoms with E-state index in [1.807, 2.05) is 36.4 Å². The molecule has 24 heteroatoms. The summed E-state index contributed by atoms with van der Waals surface area (Å²) in [7, 11) is 0. The minimum absolute atomic E-state index is 0.0182. The molecule has 3 rings (SSSR count). The van der Waals surface area contributed by atoms with Gasteiger partial charge in [-0.3, -0.25) is 19.7 Å². The van der Waals surface area contributed by atoms with E-state index in [0.29, 0.717) is 58.2 Å². The van der Waals surface area contributed by atoms with Gasteiger partial charge in [0.2, 0.25) is 0 Å². The number of halogens is 10. The number of carbonyl (C=O) groups is 4. The number of hydrogen-bond acceptors (Lipinski definition) is 6. The largest absolute Gasteiger partial charge is 0.490 e. The minimum Gasteiger partial charge on any atom is -0.475 e. The maximum Gasteiger partial charge on any atom is 0.490 e. The van der Waals surface area contributed by atoms with Crippen LogP contribution >= 0.6 is 63.7 Å². The lowest BCUT2D eigenvalue weighted by Gasteiger charge is -2.36. The molecule has 1 heterocycles. The van der Waals surface area contributed by atoms with Gasteiger partial charge in [0.15, 0.2) is 11.9 Å². The zero-order valence-electron chi connectivity index (χ0n) is 28.4. The lowest BCUT2D eigenvalue weighted by Crippen LogP contribution is -2.53. The van der Waals surface area contributed by atoms with Crippen molar-refractivity contribution >= 4 is 99.5 Å². The molecule has 306 valence electrons. The molecule has 0 aliphatic carbocycles. The highest BCUT2D eigenvalue weighted by Crippen LogP contribution is 2.38. The molecule has 2 aromatic carbocycles. The van der Waals surface area contributed by atoms with E-state index < -0.39 is 29.8 Å². The van der Waals surface area contributed by atoms with E-state index in [1.165, 1.54) is 4.90 Å². The third-order valence-corrected chi connectivity index (χ3v) is 8.94. The Morgan fingerprint density at radius 2 is 0.964 bits per heavy atom. The van der Waals surface area contributed by atoms with Crippen molar-refractivity contribution in [3.63, 3.8) is 0 Å². The predicted octanol–water partition coefficient (Wildman–Crippen LogP) is 5.90. The topological polar surface area (TPSA) is 244 Å². The van der Waals surface area contributed by atoms with Gasteiger partial charge in [0, 0.05) is 56.9 Å². The molecule has 0 unspecified atom stereocenters. The molecule has 1 aliphatic heterocycles. The Balaban J connectivity index is 0.000000913. The van der Waals surface area contributed by atoms with Gasteiger partial charge in [-0.25, -0.2) is 14.4 Å². The molecule has 0 bridgehead atoms. The number of nitrogens with zero attached hydrogens (tertiary/aromatic N) is 4. The normalized spacial score (nSPS) is 13.6. The molecule has 1 fully saturated rings. The second kappa shape index (κ2) is 22.2. The number of hydrogen-bond donors (Lipinski definition) is 6. The first-order valence-electron chi connectivity index (χ1n) is 15.5. The molecule has 10 N–H and O–H groups in total. The SMILES string of the molecule is NC(N)=NCCCCN1C(=O)N(CCCCN=C(N)N)C(Cc2cc(Br)cc(Br)c2)(Cc2cc(Br)cc(Br)c2)C1=O.O=C(O)C(F)(F)F.O=C(O)C(F)(F)F. The van der Waals surface area contributed by atoms with Crippen LogP contribution in [0.5, 0.6) is 0 Å². The molecule has 1 saturated heterocycles. The quantitative estimate of drug-likeness (QED) is 0.0430. The number of carbonyl (C=O) groups excluding carboxylic acids is 2. The average molecular weight is 1050 g/mol. The number of benzene rings is 2. The van der Waals surface area contributed by atoms with Crippen molar-refractivity contribution in [2.75, 3.05) is 26.2 Å². The van der Waals surface area contributed by atoms with Crippen LogP contribution in [0.2, 0.25) is 0 Å². The van der Waals surface area contributed by atoms with E-state index in [9.17, 15) is 35.9 Å². The number of alkyl halides is 6. The van der Waals surface area contributed by atoms with Crippen LogP contribution in [0.15, 0.2) is 64.3 Å². The van der Waals surface area contributed by atoms with E-state index >= 15 is 0 Å². The van der Waals surface area contributed by atoms with Crippen molar-refractivity contribution in [2.45, 2.75) is 56.4 Å². The molecule has 0 saturated carbocycles. The molecule has 0 aromatic heterocycles. The van der Waals surface area contributed by atoms with Gasteiger partial charge in [0.1, 0.15) is 5.54 Å². The number of guanidine groups is 2. The number of carboxylic acid groups (broad SMARTS) is 2. The van der Waals surface area contributed by atoms with Gasteiger partial charge in [-0.15, -0.1) is 0 Å². The third kappa shape index (κ3) is 17.4. The van der Waals surface area contributed by atoms with Crippen LogP contribution in [0.4, 0.5) is 31.1 Å². The molecule has 55 heavy (non-hydrogen) atoms. The summed E-state index contributed by atoms with van der Waals surface area (Å²) in [4.78, 5) is 57.4. The Labute approximate surface area is 344 Å². The number of nitrogens with two attached hydrogens (primary N) is 4. The second-order valence-corrected chi connectivity index (χ2v) is 15.1. The van der Waals surface area contributed by atoms with Crippen LogP contribution in [0, 0.1) is 0 Å². The Hall–Kier alpha value is -3.64. The van der Waals surface area contributed by atoms with Crippen molar-refractivity contribution in [3.05, 3.63) is 65.4 Å². The standard InChI is InChI=1S/C27H34Br4N8O2.2C2HF3O2/c28-19-9-17(10-20(29)13-19)15-27(16-18-11-21(30)14-22(31)12-18)23(40)38(7-3-1-5-36-24(32)33)26(41)39(27)8-4-2-6-37-25(34)35;2*3-2(4,5)1(6)7/h9-14H,1-8,15-16H2,(H4,32,33,36)(H4,34,35,37);2*(H,6,7). The Bertz CT molecular complexity index is 1610. The van der Waals surface area contributed by atoms with Crippen molar-refractivity contribution in [2.24, 2.45) is 32.9 Å². The maximum atomic E-state index is 14.4. The van der Waals surface area contributed by atoms with Gasteiger partial charge in [-0.1, -0.05) is 63.7 Å². The fraction of sp³-hybridized carbons (Fsp3) is 0.419. The molecule has 14 nitrogen and oxygen atoms in total. The van der Waals surface area contributed by atoms with E-state index in [4.69, 9.17) is 42.7 Å². The van der Waals surface area contributed by atoms with E-state index in [2.05, 4.69) is 73.7 Å². The zero-order valence-corrected chi connectivity index (χ0v) is 34.8. The number of unbranched alkanes of at least 4 members (excludes halogenated alkanes) is 2.